The largest absolute Gasteiger partial charge is 0.377 e. The van der Waals surface area contributed by atoms with E-state index in [1.807, 2.05) is 0 Å². The Hall–Kier alpha value is -1.54. The van der Waals surface area contributed by atoms with Crippen molar-refractivity contribution in [2.75, 3.05) is 5.32 Å². The third-order valence-corrected chi connectivity index (χ3v) is 6.01. The summed E-state index contributed by atoms with van der Waals surface area (Å²) < 4.78 is 1.20. The molecular weight excluding hydrogens is 346 g/mol. The van der Waals surface area contributed by atoms with Crippen molar-refractivity contribution in [1.82, 2.24) is 0 Å². The van der Waals surface area contributed by atoms with Crippen LogP contribution < -0.4 is 5.32 Å². The standard InChI is InChI=1S/C21H22BrN/c1-13(2)14-8-5-10-16-15-9-6-11-17(15)21(23-20(14)16)18-7-3-4-12-19(18)22/h3-10,12-13,15,17,21,23H,11H2,1-2H3/t15-,17+,21-/m0/s1. The normalized spacial score (nSPS) is 25.1. The zero-order valence-corrected chi connectivity index (χ0v) is 15.2. The van der Waals surface area contributed by atoms with Crippen LogP contribution in [0.2, 0.25) is 0 Å². The van der Waals surface area contributed by atoms with Crippen LogP contribution in [0.4, 0.5) is 5.69 Å². The summed E-state index contributed by atoms with van der Waals surface area (Å²) in [6.45, 7) is 4.56. The van der Waals surface area contributed by atoms with Crippen molar-refractivity contribution in [2.24, 2.45) is 5.92 Å². The molecule has 0 saturated heterocycles. The molecular formula is C21H22BrN. The van der Waals surface area contributed by atoms with Gasteiger partial charge in [-0.2, -0.15) is 0 Å². The van der Waals surface area contributed by atoms with Crippen LogP contribution in [0.5, 0.6) is 0 Å². The Kier molecular flexibility index (Phi) is 3.81. The van der Waals surface area contributed by atoms with Crippen LogP contribution in [0.25, 0.3) is 0 Å². The predicted molar refractivity (Wildman–Crippen MR) is 101 cm³/mol. The van der Waals surface area contributed by atoms with Gasteiger partial charge in [0.2, 0.25) is 0 Å². The molecule has 0 aromatic heterocycles. The fraction of sp³-hybridized carbons (Fsp3) is 0.333. The fourth-order valence-electron chi connectivity index (χ4n) is 4.16. The van der Waals surface area contributed by atoms with Crippen molar-refractivity contribution in [2.45, 2.75) is 38.1 Å². The molecule has 4 rings (SSSR count). The maximum Gasteiger partial charge on any atom is 0.0565 e. The maximum atomic E-state index is 3.91. The summed E-state index contributed by atoms with van der Waals surface area (Å²) in [4.78, 5) is 0. The molecule has 118 valence electrons. The van der Waals surface area contributed by atoms with Gasteiger partial charge in [-0.1, -0.05) is 78.3 Å². The van der Waals surface area contributed by atoms with Gasteiger partial charge in [0.15, 0.2) is 0 Å². The molecule has 2 aliphatic rings. The van der Waals surface area contributed by atoms with Gasteiger partial charge in [-0.3, -0.25) is 0 Å². The van der Waals surface area contributed by atoms with Crippen LogP contribution in [0, 0.1) is 5.92 Å². The number of nitrogens with one attached hydrogen (secondary N) is 1. The van der Waals surface area contributed by atoms with E-state index in [9.17, 15) is 0 Å². The summed E-state index contributed by atoms with van der Waals surface area (Å²) in [5, 5.41) is 3.91. The zero-order valence-electron chi connectivity index (χ0n) is 13.6. The second-order valence-electron chi connectivity index (χ2n) is 6.96. The minimum atomic E-state index is 0.359. The molecule has 3 atom stereocenters. The third kappa shape index (κ3) is 2.44. The van der Waals surface area contributed by atoms with Gasteiger partial charge in [0.05, 0.1) is 6.04 Å². The van der Waals surface area contributed by atoms with Crippen LogP contribution in [-0.2, 0) is 0 Å². The molecule has 1 N–H and O–H groups in total. The minimum absolute atomic E-state index is 0.359. The number of hydrogen-bond acceptors (Lipinski definition) is 1. The highest BCUT2D eigenvalue weighted by Crippen LogP contribution is 2.52. The molecule has 0 fully saturated rings. The molecule has 0 amide bonds. The lowest BCUT2D eigenvalue weighted by Crippen LogP contribution is -2.30. The monoisotopic (exact) mass is 367 g/mol. The summed E-state index contributed by atoms with van der Waals surface area (Å²) in [5.41, 5.74) is 5.63. The van der Waals surface area contributed by atoms with Crippen LogP contribution >= 0.6 is 15.9 Å². The van der Waals surface area contributed by atoms with Gasteiger partial charge in [0, 0.05) is 16.1 Å². The van der Waals surface area contributed by atoms with Gasteiger partial charge in [-0.05, 0) is 41.0 Å². The molecule has 23 heavy (non-hydrogen) atoms. The summed E-state index contributed by atoms with van der Waals surface area (Å²) in [6, 6.07) is 15.8. The first kappa shape index (κ1) is 15.0. The fourth-order valence-corrected chi connectivity index (χ4v) is 4.69. The van der Waals surface area contributed by atoms with Crippen LogP contribution in [-0.4, -0.2) is 0 Å². The summed E-state index contributed by atoms with van der Waals surface area (Å²) in [6.07, 6.45) is 5.92. The van der Waals surface area contributed by atoms with E-state index in [-0.39, 0.29) is 0 Å². The van der Waals surface area contributed by atoms with Crippen molar-refractivity contribution >= 4 is 21.6 Å². The van der Waals surface area contributed by atoms with E-state index >= 15 is 0 Å². The number of allylic oxidation sites excluding steroid dienone is 2. The molecule has 0 unspecified atom stereocenters. The van der Waals surface area contributed by atoms with E-state index < -0.39 is 0 Å². The number of halogens is 1. The smallest absolute Gasteiger partial charge is 0.0565 e. The molecule has 1 aliphatic carbocycles. The van der Waals surface area contributed by atoms with Crippen molar-refractivity contribution in [3.05, 3.63) is 75.8 Å². The quantitative estimate of drug-likeness (QED) is 0.605. The first-order chi connectivity index (χ1) is 11.2. The Bertz CT molecular complexity index is 762. The number of benzene rings is 2. The first-order valence-electron chi connectivity index (χ1n) is 8.47. The summed E-state index contributed by atoms with van der Waals surface area (Å²) in [5.74, 6) is 1.66. The highest BCUT2D eigenvalue weighted by Gasteiger charge is 2.39. The van der Waals surface area contributed by atoms with Gasteiger partial charge in [-0.15, -0.1) is 0 Å². The van der Waals surface area contributed by atoms with Crippen LogP contribution in [0.3, 0.4) is 0 Å². The molecule has 1 heterocycles. The molecule has 1 aliphatic heterocycles. The first-order valence-corrected chi connectivity index (χ1v) is 9.26. The molecule has 2 aromatic carbocycles. The molecule has 1 nitrogen and oxygen atoms in total. The molecule has 0 radical (unpaired) electrons. The Labute approximate surface area is 146 Å². The highest BCUT2D eigenvalue weighted by atomic mass is 79.9. The summed E-state index contributed by atoms with van der Waals surface area (Å²) in [7, 11) is 0. The van der Waals surface area contributed by atoms with E-state index in [1.165, 1.54) is 26.9 Å². The van der Waals surface area contributed by atoms with Crippen molar-refractivity contribution in [1.29, 1.82) is 0 Å². The molecule has 2 aromatic rings. The van der Waals surface area contributed by atoms with E-state index in [1.54, 1.807) is 0 Å². The van der Waals surface area contributed by atoms with Gasteiger partial charge >= 0.3 is 0 Å². The average molecular weight is 368 g/mol. The predicted octanol–water partition coefficient (Wildman–Crippen LogP) is 6.40. The second kappa shape index (κ2) is 5.83. The Morgan fingerprint density at radius 2 is 1.83 bits per heavy atom. The molecule has 0 saturated carbocycles. The zero-order chi connectivity index (χ0) is 16.0. The van der Waals surface area contributed by atoms with Crippen LogP contribution in [0.1, 0.15) is 54.8 Å². The van der Waals surface area contributed by atoms with E-state index in [4.69, 9.17) is 0 Å². The van der Waals surface area contributed by atoms with Gasteiger partial charge < -0.3 is 5.32 Å². The van der Waals surface area contributed by atoms with Crippen molar-refractivity contribution in [3.63, 3.8) is 0 Å². The Balaban J connectivity index is 1.86. The van der Waals surface area contributed by atoms with Gasteiger partial charge in [0.25, 0.3) is 0 Å². The SMILES string of the molecule is CC(C)c1cccc2c1N[C@H](c1ccccc1Br)[C@@H]1CC=C[C@@H]21. The Morgan fingerprint density at radius 1 is 1.04 bits per heavy atom. The van der Waals surface area contributed by atoms with E-state index in [2.05, 4.69) is 89.7 Å². The van der Waals surface area contributed by atoms with Crippen molar-refractivity contribution < 1.29 is 0 Å². The molecule has 0 spiro atoms. The summed E-state index contributed by atoms with van der Waals surface area (Å²) >= 11 is 3.76. The van der Waals surface area contributed by atoms with Gasteiger partial charge in [0.1, 0.15) is 0 Å². The average Bonchev–Trinajstić information content (AvgIpc) is 3.04. The number of fused-ring (bicyclic) bond motifs is 3. The number of para-hydroxylation sites is 1. The van der Waals surface area contributed by atoms with E-state index in [0.29, 0.717) is 23.8 Å². The minimum Gasteiger partial charge on any atom is -0.377 e. The lowest BCUT2D eigenvalue weighted by Gasteiger charge is -2.39. The Morgan fingerprint density at radius 3 is 2.61 bits per heavy atom. The maximum absolute atomic E-state index is 3.91. The number of anilines is 1. The second-order valence-corrected chi connectivity index (χ2v) is 7.82. The molecule has 2 heteroatoms. The highest BCUT2D eigenvalue weighted by molar-refractivity contribution is 9.10. The molecule has 0 bridgehead atoms. The van der Waals surface area contributed by atoms with E-state index in [0.717, 1.165) is 6.42 Å². The lowest BCUT2D eigenvalue weighted by molar-refractivity contribution is 0.423. The van der Waals surface area contributed by atoms with Crippen LogP contribution in [0.15, 0.2) is 59.1 Å². The van der Waals surface area contributed by atoms with Crippen molar-refractivity contribution in [3.8, 4) is 0 Å². The lowest BCUT2D eigenvalue weighted by atomic mass is 9.75. The van der Waals surface area contributed by atoms with Gasteiger partial charge in [-0.25, -0.2) is 0 Å². The third-order valence-electron chi connectivity index (χ3n) is 5.29. The topological polar surface area (TPSA) is 12.0 Å². The number of hydrogen-bond donors (Lipinski definition) is 1. The number of rotatable bonds is 2.